The van der Waals surface area contributed by atoms with Crippen molar-refractivity contribution in [1.82, 2.24) is 19.7 Å². The predicted octanol–water partition coefficient (Wildman–Crippen LogP) is 4.27. The Morgan fingerprint density at radius 1 is 1.28 bits per heavy atom. The molecule has 1 atom stereocenters. The number of aromatic hydroxyl groups is 1. The molecule has 1 spiro atoms. The van der Waals surface area contributed by atoms with Crippen molar-refractivity contribution in [3.63, 3.8) is 0 Å². The van der Waals surface area contributed by atoms with Gasteiger partial charge in [0.2, 0.25) is 0 Å². The molecular weight excluding hydrogens is 385 g/mol. The number of rotatable bonds is 2. The molecule has 1 aliphatic carbocycles. The van der Waals surface area contributed by atoms with E-state index in [0.29, 0.717) is 29.5 Å². The van der Waals surface area contributed by atoms with Crippen molar-refractivity contribution in [1.29, 1.82) is 0 Å². The van der Waals surface area contributed by atoms with Crippen molar-refractivity contribution in [2.24, 2.45) is 5.41 Å². The van der Waals surface area contributed by atoms with Gasteiger partial charge in [0.1, 0.15) is 11.3 Å². The van der Waals surface area contributed by atoms with E-state index in [4.69, 9.17) is 4.74 Å². The van der Waals surface area contributed by atoms with Gasteiger partial charge >= 0.3 is 6.18 Å². The molecule has 152 valence electrons. The van der Waals surface area contributed by atoms with Crippen LogP contribution in [-0.4, -0.2) is 38.1 Å². The molecule has 2 fully saturated rings. The Bertz CT molecular complexity index is 1080. The monoisotopic (exact) mass is 404 g/mol. The molecular formula is C20H19F3N4O2. The van der Waals surface area contributed by atoms with Crippen LogP contribution in [-0.2, 0) is 10.9 Å². The largest absolute Gasteiger partial charge is 0.507 e. The van der Waals surface area contributed by atoms with Gasteiger partial charge in [-0.25, -0.2) is 9.97 Å². The smallest absolute Gasteiger partial charge is 0.416 e. The molecule has 1 saturated carbocycles. The maximum absolute atomic E-state index is 13.0. The highest BCUT2D eigenvalue weighted by Gasteiger charge is 2.52. The topological polar surface area (TPSA) is 73.1 Å². The maximum Gasteiger partial charge on any atom is 0.416 e. The number of halogens is 3. The van der Waals surface area contributed by atoms with E-state index in [2.05, 4.69) is 15.1 Å². The third-order valence-corrected chi connectivity index (χ3v) is 5.99. The summed E-state index contributed by atoms with van der Waals surface area (Å²) in [6.45, 7) is 2.93. The highest BCUT2D eigenvalue weighted by atomic mass is 19.4. The molecule has 0 amide bonds. The highest BCUT2D eigenvalue weighted by molar-refractivity contribution is 5.77. The Balaban J connectivity index is 1.54. The zero-order valence-corrected chi connectivity index (χ0v) is 15.7. The molecule has 2 aromatic heterocycles. The van der Waals surface area contributed by atoms with E-state index < -0.39 is 17.5 Å². The molecule has 3 heterocycles. The van der Waals surface area contributed by atoms with Gasteiger partial charge in [0, 0.05) is 17.6 Å². The van der Waals surface area contributed by atoms with Crippen LogP contribution in [0.1, 0.15) is 36.4 Å². The molecule has 9 heteroatoms. The Morgan fingerprint density at radius 2 is 2.07 bits per heavy atom. The second kappa shape index (κ2) is 6.16. The number of alkyl halides is 3. The lowest BCUT2D eigenvalue weighted by Gasteiger charge is -2.31. The Labute approximate surface area is 164 Å². The van der Waals surface area contributed by atoms with Crippen molar-refractivity contribution in [2.75, 3.05) is 13.2 Å². The van der Waals surface area contributed by atoms with Crippen LogP contribution in [0, 0.1) is 12.3 Å². The van der Waals surface area contributed by atoms with E-state index in [9.17, 15) is 18.3 Å². The standard InChI is InChI=1S/C20H19F3N4O2/c1-11-6-12(20(21,22)23)7-15(28)17(11)13-8-24-14-9-27(26-18(14)25-13)16-2-5-29-10-19(16)3-4-19/h6-9,16,28H,2-5,10H2,1H3. The van der Waals surface area contributed by atoms with E-state index in [1.165, 1.54) is 13.1 Å². The first-order valence-corrected chi connectivity index (χ1v) is 9.48. The van der Waals surface area contributed by atoms with E-state index in [1.807, 2.05) is 10.9 Å². The first-order valence-electron chi connectivity index (χ1n) is 9.48. The number of aromatic nitrogens is 4. The minimum Gasteiger partial charge on any atom is -0.507 e. The van der Waals surface area contributed by atoms with E-state index in [1.54, 1.807) is 0 Å². The quantitative estimate of drug-likeness (QED) is 0.691. The lowest BCUT2D eigenvalue weighted by atomic mass is 9.93. The molecule has 1 aliphatic heterocycles. The SMILES string of the molecule is Cc1cc(C(F)(F)F)cc(O)c1-c1cnc2cn(C3CCOCC34CC4)nc2n1. The Kier molecular flexibility index (Phi) is 3.90. The number of phenolic OH excluding ortho intramolecular Hbond substituents is 1. The van der Waals surface area contributed by atoms with Crippen molar-refractivity contribution in [3.05, 3.63) is 35.7 Å². The second-order valence-electron chi connectivity index (χ2n) is 7.98. The summed E-state index contributed by atoms with van der Waals surface area (Å²) in [6, 6.07) is 1.95. The van der Waals surface area contributed by atoms with Gasteiger partial charge in [-0.1, -0.05) is 0 Å². The number of phenols is 1. The highest BCUT2D eigenvalue weighted by Crippen LogP contribution is 2.57. The minimum absolute atomic E-state index is 0.144. The molecule has 1 N–H and O–H groups in total. The zero-order valence-electron chi connectivity index (χ0n) is 15.7. The van der Waals surface area contributed by atoms with Crippen LogP contribution in [0.5, 0.6) is 5.75 Å². The summed E-state index contributed by atoms with van der Waals surface area (Å²) in [5.41, 5.74) is 1.05. The number of nitrogens with zero attached hydrogens (tertiary/aromatic N) is 4. The van der Waals surface area contributed by atoms with Crippen molar-refractivity contribution < 1.29 is 23.0 Å². The molecule has 1 aromatic carbocycles. The first kappa shape index (κ1) is 18.4. The molecule has 3 aromatic rings. The fourth-order valence-corrected chi connectivity index (χ4v) is 4.29. The molecule has 1 unspecified atom stereocenters. The molecule has 1 saturated heterocycles. The summed E-state index contributed by atoms with van der Waals surface area (Å²) in [6.07, 6.45) is 1.89. The normalized spacial score (nSPS) is 21.0. The average molecular weight is 404 g/mol. The van der Waals surface area contributed by atoms with E-state index >= 15 is 0 Å². The Hall–Kier alpha value is -2.68. The molecule has 5 rings (SSSR count). The van der Waals surface area contributed by atoms with E-state index in [0.717, 1.165) is 31.9 Å². The summed E-state index contributed by atoms with van der Waals surface area (Å²) in [5, 5.41) is 14.8. The van der Waals surface area contributed by atoms with Crippen molar-refractivity contribution >= 4 is 11.2 Å². The minimum atomic E-state index is -4.53. The van der Waals surface area contributed by atoms with Gasteiger partial charge < -0.3 is 9.84 Å². The lowest BCUT2D eigenvalue weighted by molar-refractivity contribution is -0.137. The molecule has 0 radical (unpaired) electrons. The van der Waals surface area contributed by atoms with Crippen molar-refractivity contribution in [2.45, 2.75) is 38.4 Å². The molecule has 29 heavy (non-hydrogen) atoms. The summed E-state index contributed by atoms with van der Waals surface area (Å²) in [4.78, 5) is 8.86. The van der Waals surface area contributed by atoms with E-state index in [-0.39, 0.29) is 22.6 Å². The maximum atomic E-state index is 13.0. The second-order valence-corrected chi connectivity index (χ2v) is 7.98. The summed E-state index contributed by atoms with van der Waals surface area (Å²) in [7, 11) is 0. The van der Waals surface area contributed by atoms with Crippen LogP contribution >= 0.6 is 0 Å². The van der Waals surface area contributed by atoms with Crippen LogP contribution in [0.2, 0.25) is 0 Å². The van der Waals surface area contributed by atoms with Crippen molar-refractivity contribution in [3.8, 4) is 17.0 Å². The summed E-state index contributed by atoms with van der Waals surface area (Å²) < 4.78 is 46.5. The predicted molar refractivity (Wildman–Crippen MR) is 98.3 cm³/mol. The molecule has 0 bridgehead atoms. The molecule has 2 aliphatic rings. The number of benzene rings is 1. The van der Waals surface area contributed by atoms with Crippen LogP contribution in [0.4, 0.5) is 13.2 Å². The molecule has 6 nitrogen and oxygen atoms in total. The summed E-state index contributed by atoms with van der Waals surface area (Å²) in [5.74, 6) is -0.480. The number of aryl methyl sites for hydroxylation is 1. The zero-order chi connectivity index (χ0) is 20.4. The fourth-order valence-electron chi connectivity index (χ4n) is 4.29. The van der Waals surface area contributed by atoms with Crippen LogP contribution < -0.4 is 0 Å². The number of fused-ring (bicyclic) bond motifs is 1. The van der Waals surface area contributed by atoms with Gasteiger partial charge in [-0.05, 0) is 43.9 Å². The van der Waals surface area contributed by atoms with Gasteiger partial charge in [0.05, 0.1) is 36.3 Å². The average Bonchev–Trinajstić information content (AvgIpc) is 3.28. The van der Waals surface area contributed by atoms with Gasteiger partial charge in [0.15, 0.2) is 5.65 Å². The van der Waals surface area contributed by atoms with Gasteiger partial charge in [-0.3, -0.25) is 4.68 Å². The number of ether oxygens (including phenoxy) is 1. The van der Waals surface area contributed by atoms with Gasteiger partial charge in [-0.15, -0.1) is 0 Å². The van der Waals surface area contributed by atoms with Crippen LogP contribution in [0.15, 0.2) is 24.5 Å². The van der Waals surface area contributed by atoms with Gasteiger partial charge in [-0.2, -0.15) is 18.3 Å². The van der Waals surface area contributed by atoms with Crippen LogP contribution in [0.25, 0.3) is 22.4 Å². The lowest BCUT2D eigenvalue weighted by Crippen LogP contribution is -2.31. The summed E-state index contributed by atoms with van der Waals surface area (Å²) >= 11 is 0. The third-order valence-electron chi connectivity index (χ3n) is 5.99. The first-order chi connectivity index (χ1) is 13.8. The van der Waals surface area contributed by atoms with Gasteiger partial charge in [0.25, 0.3) is 0 Å². The number of hydrogen-bond donors (Lipinski definition) is 1. The third kappa shape index (κ3) is 3.04. The number of hydrogen-bond acceptors (Lipinski definition) is 5. The van der Waals surface area contributed by atoms with Crippen LogP contribution in [0.3, 0.4) is 0 Å². The Morgan fingerprint density at radius 3 is 2.76 bits per heavy atom. The fraction of sp³-hybridized carbons (Fsp3) is 0.450.